The normalized spacial score (nSPS) is 16.4. The van der Waals surface area contributed by atoms with Crippen LogP contribution in [0.15, 0.2) is 18.3 Å². The predicted octanol–water partition coefficient (Wildman–Crippen LogP) is 0.790. The van der Waals surface area contributed by atoms with Gasteiger partial charge < -0.3 is 9.64 Å². The van der Waals surface area contributed by atoms with Crippen LogP contribution in [-0.2, 0) is 4.74 Å². The van der Waals surface area contributed by atoms with E-state index >= 15 is 0 Å². The first-order valence-corrected chi connectivity index (χ1v) is 4.59. The quantitative estimate of drug-likeness (QED) is 0.655. The van der Waals surface area contributed by atoms with Crippen LogP contribution in [0.1, 0.15) is 5.69 Å². The zero-order valence-corrected chi connectivity index (χ0v) is 7.81. The number of anilines is 1. The van der Waals surface area contributed by atoms with Gasteiger partial charge in [-0.25, -0.2) is 4.98 Å². The number of pyridine rings is 1. The minimum Gasteiger partial charge on any atom is -0.378 e. The first-order valence-electron chi connectivity index (χ1n) is 4.59. The van der Waals surface area contributed by atoms with Gasteiger partial charge in [-0.1, -0.05) is 0 Å². The van der Waals surface area contributed by atoms with Gasteiger partial charge in [0.15, 0.2) is 5.69 Å². The monoisotopic (exact) mass is 189 g/mol. The van der Waals surface area contributed by atoms with E-state index in [2.05, 4.69) is 16.0 Å². The van der Waals surface area contributed by atoms with Gasteiger partial charge in [-0.2, -0.15) is 5.26 Å². The van der Waals surface area contributed by atoms with Crippen LogP contribution in [0.5, 0.6) is 0 Å². The van der Waals surface area contributed by atoms with Crippen molar-refractivity contribution >= 4 is 5.69 Å². The Hall–Kier alpha value is -1.60. The van der Waals surface area contributed by atoms with Crippen LogP contribution in [0.25, 0.3) is 0 Å². The molecule has 4 nitrogen and oxygen atoms in total. The molecule has 0 spiro atoms. The Balaban J connectivity index is 2.26. The molecule has 1 aliphatic rings. The SMILES string of the molecule is N#Cc1ncccc1N1CCOCC1. The highest BCUT2D eigenvalue weighted by Crippen LogP contribution is 2.18. The van der Waals surface area contributed by atoms with Crippen molar-refractivity contribution in [2.24, 2.45) is 0 Å². The second-order valence-corrected chi connectivity index (χ2v) is 3.08. The molecule has 0 aromatic carbocycles. The highest BCUT2D eigenvalue weighted by molar-refractivity contribution is 5.55. The maximum Gasteiger partial charge on any atom is 0.163 e. The van der Waals surface area contributed by atoms with Crippen LogP contribution >= 0.6 is 0 Å². The lowest BCUT2D eigenvalue weighted by Gasteiger charge is -2.28. The number of morpholine rings is 1. The van der Waals surface area contributed by atoms with Gasteiger partial charge in [-0.15, -0.1) is 0 Å². The van der Waals surface area contributed by atoms with Crippen LogP contribution in [0.3, 0.4) is 0 Å². The summed E-state index contributed by atoms with van der Waals surface area (Å²) in [5, 5.41) is 8.88. The summed E-state index contributed by atoms with van der Waals surface area (Å²) >= 11 is 0. The molecule has 0 aliphatic carbocycles. The number of hydrogen-bond acceptors (Lipinski definition) is 4. The third-order valence-electron chi connectivity index (χ3n) is 2.24. The molecule has 1 aromatic heterocycles. The minimum absolute atomic E-state index is 0.495. The highest BCUT2D eigenvalue weighted by atomic mass is 16.5. The Morgan fingerprint density at radius 3 is 2.93 bits per heavy atom. The van der Waals surface area contributed by atoms with Crippen molar-refractivity contribution in [3.63, 3.8) is 0 Å². The fraction of sp³-hybridized carbons (Fsp3) is 0.400. The van der Waals surface area contributed by atoms with E-state index in [9.17, 15) is 0 Å². The zero-order valence-electron chi connectivity index (χ0n) is 7.81. The van der Waals surface area contributed by atoms with Gasteiger partial charge in [-0.3, -0.25) is 0 Å². The van der Waals surface area contributed by atoms with Crippen molar-refractivity contribution < 1.29 is 4.74 Å². The lowest BCUT2D eigenvalue weighted by atomic mass is 10.2. The summed E-state index contributed by atoms with van der Waals surface area (Å²) in [6, 6.07) is 5.88. The van der Waals surface area contributed by atoms with Crippen molar-refractivity contribution in [3.8, 4) is 6.07 Å². The van der Waals surface area contributed by atoms with E-state index in [1.54, 1.807) is 6.20 Å². The number of hydrogen-bond donors (Lipinski definition) is 0. The molecule has 1 saturated heterocycles. The summed E-state index contributed by atoms with van der Waals surface area (Å²) in [5.41, 5.74) is 1.41. The van der Waals surface area contributed by atoms with E-state index < -0.39 is 0 Å². The number of aromatic nitrogens is 1. The van der Waals surface area contributed by atoms with Crippen LogP contribution in [0.2, 0.25) is 0 Å². The third kappa shape index (κ3) is 1.68. The summed E-state index contributed by atoms with van der Waals surface area (Å²) in [7, 11) is 0. The Kier molecular flexibility index (Phi) is 2.61. The molecule has 0 saturated carbocycles. The summed E-state index contributed by atoms with van der Waals surface area (Å²) in [5.74, 6) is 0. The summed E-state index contributed by atoms with van der Waals surface area (Å²) in [6.07, 6.45) is 1.64. The summed E-state index contributed by atoms with van der Waals surface area (Å²) < 4.78 is 5.25. The topological polar surface area (TPSA) is 49.2 Å². The molecular formula is C10H11N3O. The van der Waals surface area contributed by atoms with Gasteiger partial charge in [0.25, 0.3) is 0 Å². The number of nitrogens with zero attached hydrogens (tertiary/aromatic N) is 3. The maximum absolute atomic E-state index is 8.88. The molecule has 14 heavy (non-hydrogen) atoms. The van der Waals surface area contributed by atoms with Gasteiger partial charge in [-0.05, 0) is 12.1 Å². The van der Waals surface area contributed by atoms with Crippen molar-refractivity contribution in [3.05, 3.63) is 24.0 Å². The zero-order chi connectivity index (χ0) is 9.80. The third-order valence-corrected chi connectivity index (χ3v) is 2.24. The molecule has 1 aliphatic heterocycles. The lowest BCUT2D eigenvalue weighted by molar-refractivity contribution is 0.122. The molecule has 0 unspecified atom stereocenters. The first kappa shape index (κ1) is 8.97. The number of ether oxygens (including phenoxy) is 1. The molecule has 0 radical (unpaired) electrons. The van der Waals surface area contributed by atoms with Gasteiger partial charge >= 0.3 is 0 Å². The van der Waals surface area contributed by atoms with Crippen molar-refractivity contribution in [1.82, 2.24) is 4.98 Å². The van der Waals surface area contributed by atoms with Crippen LogP contribution in [0, 0.1) is 11.3 Å². The lowest BCUT2D eigenvalue weighted by Crippen LogP contribution is -2.36. The maximum atomic E-state index is 8.88. The molecule has 0 N–H and O–H groups in total. The van der Waals surface area contributed by atoms with Crippen LogP contribution < -0.4 is 4.90 Å². The molecule has 1 fully saturated rings. The summed E-state index contributed by atoms with van der Waals surface area (Å²) in [6.45, 7) is 3.11. The Morgan fingerprint density at radius 1 is 1.43 bits per heavy atom. The Morgan fingerprint density at radius 2 is 2.21 bits per heavy atom. The Labute approximate surface area is 82.7 Å². The van der Waals surface area contributed by atoms with Gasteiger partial charge in [0.2, 0.25) is 0 Å². The van der Waals surface area contributed by atoms with Crippen molar-refractivity contribution in [2.45, 2.75) is 0 Å². The minimum atomic E-state index is 0.495. The average molecular weight is 189 g/mol. The number of rotatable bonds is 1. The molecule has 2 rings (SSSR count). The van der Waals surface area contributed by atoms with E-state index in [1.807, 2.05) is 12.1 Å². The van der Waals surface area contributed by atoms with Crippen LogP contribution in [-0.4, -0.2) is 31.3 Å². The molecule has 4 heteroatoms. The molecule has 0 atom stereocenters. The average Bonchev–Trinajstić information content (AvgIpc) is 2.30. The summed E-state index contributed by atoms with van der Waals surface area (Å²) in [4.78, 5) is 6.16. The second kappa shape index (κ2) is 4.07. The largest absolute Gasteiger partial charge is 0.378 e. The van der Waals surface area contributed by atoms with Crippen LogP contribution in [0.4, 0.5) is 5.69 Å². The molecule has 2 heterocycles. The van der Waals surface area contributed by atoms with Crippen molar-refractivity contribution in [1.29, 1.82) is 5.26 Å². The molecule has 0 amide bonds. The highest BCUT2D eigenvalue weighted by Gasteiger charge is 2.14. The fourth-order valence-electron chi connectivity index (χ4n) is 1.54. The smallest absolute Gasteiger partial charge is 0.163 e. The fourth-order valence-corrected chi connectivity index (χ4v) is 1.54. The predicted molar refractivity (Wildman–Crippen MR) is 52.0 cm³/mol. The van der Waals surface area contributed by atoms with E-state index in [4.69, 9.17) is 10.00 Å². The van der Waals surface area contributed by atoms with Crippen molar-refractivity contribution in [2.75, 3.05) is 31.2 Å². The molecule has 1 aromatic rings. The van der Waals surface area contributed by atoms with E-state index in [1.165, 1.54) is 0 Å². The van der Waals surface area contributed by atoms with Gasteiger partial charge in [0, 0.05) is 19.3 Å². The number of nitriles is 1. The van der Waals surface area contributed by atoms with E-state index in [0.29, 0.717) is 5.69 Å². The second-order valence-electron chi connectivity index (χ2n) is 3.08. The van der Waals surface area contributed by atoms with Gasteiger partial charge in [0.1, 0.15) is 6.07 Å². The van der Waals surface area contributed by atoms with E-state index in [0.717, 1.165) is 32.0 Å². The Bertz CT molecular complexity index is 353. The van der Waals surface area contributed by atoms with E-state index in [-0.39, 0.29) is 0 Å². The molecule has 72 valence electrons. The standard InChI is InChI=1S/C10H11N3O/c11-8-9-10(2-1-3-12-9)13-4-6-14-7-5-13/h1-3H,4-7H2. The molecular weight excluding hydrogens is 178 g/mol. The van der Waals surface area contributed by atoms with Gasteiger partial charge in [0.05, 0.1) is 18.9 Å². The first-order chi connectivity index (χ1) is 6.92. The molecule has 0 bridgehead atoms.